The fraction of sp³-hybridized carbons (Fsp3) is 0.913. The smallest absolute Gasteiger partial charge is 0.217 e. The van der Waals surface area contributed by atoms with Crippen LogP contribution in [0.25, 0.3) is 0 Å². The Morgan fingerprint density at radius 2 is 0.400 bits per heavy atom. The molecule has 0 fully saturated rings. The molecule has 4 heteroatoms. The lowest BCUT2D eigenvalue weighted by atomic mass is 10.0. The lowest BCUT2D eigenvalue weighted by Crippen LogP contribution is -2.09. The molecule has 0 spiro atoms. The van der Waals surface area contributed by atoms with Gasteiger partial charge in [-0.15, -0.1) is 13.2 Å². The second kappa shape index (κ2) is 52.0. The third kappa shape index (κ3) is 58.9. The highest BCUT2D eigenvalue weighted by atomic mass is 16.1. The first-order valence-corrected chi connectivity index (χ1v) is 22.6. The molecule has 0 saturated carbocycles. The molecule has 2 amide bonds. The van der Waals surface area contributed by atoms with Gasteiger partial charge < -0.3 is 11.5 Å². The zero-order chi connectivity index (χ0) is 37.4. The summed E-state index contributed by atoms with van der Waals surface area (Å²) in [5.74, 6) is -0.302. The SMILES string of the molecule is C=C.CCCCCCCCCCCCCCCCCCCCCC(N)=O.CCCCCCCCCCCCCCCCCCCCCC(N)=O. The molecule has 4 nitrogen and oxygen atoms in total. The molecule has 0 atom stereocenters. The first-order chi connectivity index (χ1) is 24.5. The van der Waals surface area contributed by atoms with Crippen molar-refractivity contribution in [3.63, 3.8) is 0 Å². The fourth-order valence-corrected chi connectivity index (χ4v) is 6.76. The van der Waals surface area contributed by atoms with E-state index in [9.17, 15) is 9.59 Å². The molecule has 300 valence electrons. The average molecular weight is 707 g/mol. The van der Waals surface area contributed by atoms with E-state index in [4.69, 9.17) is 11.5 Å². The van der Waals surface area contributed by atoms with Crippen LogP contribution in [0.4, 0.5) is 0 Å². The molecular weight excluding hydrogens is 613 g/mol. The first-order valence-electron chi connectivity index (χ1n) is 22.6. The van der Waals surface area contributed by atoms with Crippen molar-refractivity contribution in [3.8, 4) is 0 Å². The van der Waals surface area contributed by atoms with Crippen LogP contribution in [-0.2, 0) is 9.59 Å². The molecule has 0 aromatic rings. The van der Waals surface area contributed by atoms with E-state index in [1.54, 1.807) is 0 Å². The predicted molar refractivity (Wildman–Crippen MR) is 226 cm³/mol. The minimum atomic E-state index is -0.151. The van der Waals surface area contributed by atoms with E-state index < -0.39 is 0 Å². The Morgan fingerprint density at radius 1 is 0.280 bits per heavy atom. The second-order valence-electron chi connectivity index (χ2n) is 15.2. The van der Waals surface area contributed by atoms with Crippen LogP contribution in [0.15, 0.2) is 13.2 Å². The maximum atomic E-state index is 10.6. The summed E-state index contributed by atoms with van der Waals surface area (Å²) in [6.45, 7) is 10.6. The minimum absolute atomic E-state index is 0.151. The minimum Gasteiger partial charge on any atom is -0.370 e. The Labute approximate surface area is 315 Å². The average Bonchev–Trinajstić information content (AvgIpc) is 3.11. The van der Waals surface area contributed by atoms with E-state index in [2.05, 4.69) is 27.0 Å². The van der Waals surface area contributed by atoms with Gasteiger partial charge in [-0.2, -0.15) is 0 Å². The summed E-state index contributed by atoms with van der Waals surface area (Å²) in [4.78, 5) is 21.2. The van der Waals surface area contributed by atoms with E-state index in [0.717, 1.165) is 12.8 Å². The van der Waals surface area contributed by atoms with Crippen molar-refractivity contribution in [2.75, 3.05) is 0 Å². The van der Waals surface area contributed by atoms with Gasteiger partial charge in [-0.3, -0.25) is 9.59 Å². The maximum Gasteiger partial charge on any atom is 0.217 e. The van der Waals surface area contributed by atoms with Crippen LogP contribution in [0, 0.1) is 0 Å². The van der Waals surface area contributed by atoms with Gasteiger partial charge in [0.25, 0.3) is 0 Å². The zero-order valence-electron chi connectivity index (χ0n) is 34.7. The largest absolute Gasteiger partial charge is 0.370 e. The van der Waals surface area contributed by atoms with Crippen molar-refractivity contribution in [3.05, 3.63) is 13.2 Å². The van der Waals surface area contributed by atoms with E-state index >= 15 is 0 Å². The molecule has 0 rings (SSSR count). The molecule has 0 aliphatic heterocycles. The summed E-state index contributed by atoms with van der Waals surface area (Å²) in [5.41, 5.74) is 10.3. The van der Waals surface area contributed by atoms with Crippen molar-refractivity contribution in [1.82, 2.24) is 0 Å². The quantitative estimate of drug-likeness (QED) is 0.0491. The Morgan fingerprint density at radius 3 is 0.520 bits per heavy atom. The monoisotopic (exact) mass is 707 g/mol. The van der Waals surface area contributed by atoms with Crippen molar-refractivity contribution in [2.24, 2.45) is 11.5 Å². The van der Waals surface area contributed by atoms with Gasteiger partial charge in [-0.05, 0) is 12.8 Å². The molecule has 0 radical (unpaired) electrons. The zero-order valence-corrected chi connectivity index (χ0v) is 34.7. The Hall–Kier alpha value is -1.32. The van der Waals surface area contributed by atoms with E-state index in [-0.39, 0.29) is 11.8 Å². The van der Waals surface area contributed by atoms with Gasteiger partial charge in [0.2, 0.25) is 11.8 Å². The molecule has 0 aromatic carbocycles. The van der Waals surface area contributed by atoms with Crippen LogP contribution in [0.3, 0.4) is 0 Å². The van der Waals surface area contributed by atoms with Crippen LogP contribution >= 0.6 is 0 Å². The molecule has 0 aromatic heterocycles. The maximum absolute atomic E-state index is 10.6. The Balaban J connectivity index is -0.000000841. The topological polar surface area (TPSA) is 86.2 Å². The second-order valence-corrected chi connectivity index (χ2v) is 15.2. The van der Waals surface area contributed by atoms with Crippen LogP contribution in [0.1, 0.15) is 271 Å². The van der Waals surface area contributed by atoms with Crippen LogP contribution in [0.2, 0.25) is 0 Å². The van der Waals surface area contributed by atoms with Gasteiger partial charge in [0.15, 0.2) is 0 Å². The van der Waals surface area contributed by atoms with Crippen molar-refractivity contribution >= 4 is 11.8 Å². The Bertz CT molecular complexity index is 571. The molecule has 0 aliphatic carbocycles. The van der Waals surface area contributed by atoms with Crippen molar-refractivity contribution in [1.29, 1.82) is 0 Å². The molecule has 0 heterocycles. The van der Waals surface area contributed by atoms with Gasteiger partial charge in [-0.25, -0.2) is 0 Å². The number of nitrogens with two attached hydrogens (primary N) is 2. The summed E-state index contributed by atoms with van der Waals surface area (Å²) in [6, 6.07) is 0. The number of hydrogen-bond donors (Lipinski definition) is 2. The number of unbranched alkanes of at least 4 members (excludes halogenated alkanes) is 36. The summed E-state index contributed by atoms with van der Waals surface area (Å²) >= 11 is 0. The van der Waals surface area contributed by atoms with E-state index in [0.29, 0.717) is 12.8 Å². The molecule has 0 bridgehead atoms. The number of hydrogen-bond acceptors (Lipinski definition) is 2. The van der Waals surface area contributed by atoms with Crippen LogP contribution < -0.4 is 11.5 Å². The van der Waals surface area contributed by atoms with E-state index in [1.807, 2.05) is 0 Å². The molecule has 0 aliphatic rings. The lowest BCUT2D eigenvalue weighted by Gasteiger charge is -2.03. The Kier molecular flexibility index (Phi) is 55.2. The van der Waals surface area contributed by atoms with Crippen molar-refractivity contribution < 1.29 is 9.59 Å². The third-order valence-electron chi connectivity index (χ3n) is 10.1. The van der Waals surface area contributed by atoms with E-state index in [1.165, 1.54) is 231 Å². The predicted octanol–water partition coefficient (Wildman–Crippen LogP) is 15.4. The van der Waals surface area contributed by atoms with Gasteiger partial charge in [0.1, 0.15) is 0 Å². The van der Waals surface area contributed by atoms with Crippen LogP contribution in [-0.4, -0.2) is 11.8 Å². The number of amides is 2. The highest BCUT2D eigenvalue weighted by molar-refractivity contribution is 5.73. The number of primary amides is 2. The molecule has 0 saturated heterocycles. The van der Waals surface area contributed by atoms with Crippen molar-refractivity contribution in [2.45, 2.75) is 271 Å². The summed E-state index contributed by atoms with van der Waals surface area (Å²) in [7, 11) is 0. The lowest BCUT2D eigenvalue weighted by molar-refractivity contribution is -0.119. The van der Waals surface area contributed by atoms with Crippen LogP contribution in [0.5, 0.6) is 0 Å². The number of rotatable bonds is 40. The normalized spacial score (nSPS) is 10.7. The third-order valence-corrected chi connectivity index (χ3v) is 10.1. The number of carbonyl (C=O) groups excluding carboxylic acids is 2. The highest BCUT2D eigenvalue weighted by Gasteiger charge is 1.98. The van der Waals surface area contributed by atoms with Gasteiger partial charge in [0, 0.05) is 12.8 Å². The summed E-state index contributed by atoms with van der Waals surface area (Å²) < 4.78 is 0. The van der Waals surface area contributed by atoms with Gasteiger partial charge >= 0.3 is 0 Å². The van der Waals surface area contributed by atoms with Gasteiger partial charge in [-0.1, -0.05) is 245 Å². The highest BCUT2D eigenvalue weighted by Crippen LogP contribution is 2.16. The summed E-state index contributed by atoms with van der Waals surface area (Å²) in [5, 5.41) is 0. The fourth-order valence-electron chi connectivity index (χ4n) is 6.76. The summed E-state index contributed by atoms with van der Waals surface area (Å²) in [6.07, 6.45) is 53.6. The molecule has 0 unspecified atom stereocenters. The van der Waals surface area contributed by atoms with Gasteiger partial charge in [0.05, 0.1) is 0 Å². The molecule has 4 N–H and O–H groups in total. The standard InChI is InChI=1S/2C22H45NO.C2H4/c2*1-2-3-4-5-6-7-8-9-10-11-12-13-14-15-16-17-18-19-20-21-22(23)24;1-2/h2*2-21H2,1H3,(H2,23,24);1-2H2. The first kappa shape index (κ1) is 53.0. The number of carbonyl (C=O) groups is 2. The molecule has 50 heavy (non-hydrogen) atoms. The molecular formula is C46H94N2O2.